The lowest BCUT2D eigenvalue weighted by molar-refractivity contribution is -0.156. The van der Waals surface area contributed by atoms with Crippen LogP contribution in [0.4, 0.5) is 0 Å². The number of hydrogen-bond acceptors (Lipinski definition) is 8. The average molecular weight is 345 g/mol. The van der Waals surface area contributed by atoms with Crippen molar-refractivity contribution in [1.82, 2.24) is 0 Å². The van der Waals surface area contributed by atoms with Crippen molar-refractivity contribution in [3.8, 4) is 0 Å². The third-order valence-electron chi connectivity index (χ3n) is 3.21. The zero-order chi connectivity index (χ0) is 17.6. The number of carbonyl (C=O) groups excluding carboxylic acids is 1. The summed E-state index contributed by atoms with van der Waals surface area (Å²) in [6.45, 7) is 0.948. The number of carbonyl (C=O) groups is 1. The molecule has 0 aromatic carbocycles. The Kier molecular flexibility index (Phi) is 8.66. The number of rotatable bonds is 10. The van der Waals surface area contributed by atoms with E-state index in [9.17, 15) is 24.7 Å². The van der Waals surface area contributed by atoms with E-state index in [1.54, 1.807) is 0 Å². The van der Waals surface area contributed by atoms with Gasteiger partial charge in [-0.05, 0) is 6.42 Å². The second kappa shape index (κ2) is 8.90. The first-order valence-electron chi connectivity index (χ1n) is 6.73. The Hall–Kier alpha value is -0.580. The third kappa shape index (κ3) is 6.27. The predicted octanol–water partition coefficient (Wildman–Crippen LogP) is -2.02. The molecule has 4 atom stereocenters. The van der Waals surface area contributed by atoms with Crippen molar-refractivity contribution in [2.75, 3.05) is 6.61 Å². The van der Waals surface area contributed by atoms with E-state index in [2.05, 4.69) is 4.52 Å². The summed E-state index contributed by atoms with van der Waals surface area (Å²) in [6.07, 6.45) is -4.47. The molecule has 132 valence electrons. The highest BCUT2D eigenvalue weighted by Crippen LogP contribution is 2.38. The summed E-state index contributed by atoms with van der Waals surface area (Å²) in [5, 5.41) is 37.8. The summed E-state index contributed by atoms with van der Waals surface area (Å²) in [5.41, 5.74) is 3.36. The number of unbranched alkanes of at least 4 members (excludes halogenated alkanes) is 2. The summed E-state index contributed by atoms with van der Waals surface area (Å²) in [7, 11) is -5.19. The van der Waals surface area contributed by atoms with Crippen LogP contribution in [0.15, 0.2) is 0 Å². The van der Waals surface area contributed by atoms with Gasteiger partial charge in [0.2, 0.25) is 0 Å². The van der Waals surface area contributed by atoms with Crippen LogP contribution in [0.5, 0.6) is 0 Å². The fraction of sp³-hybridized carbons (Fsp3) is 0.909. The Morgan fingerprint density at radius 1 is 1.27 bits per heavy atom. The van der Waals surface area contributed by atoms with Crippen LogP contribution in [0, 0.1) is 0 Å². The van der Waals surface area contributed by atoms with E-state index < -0.39 is 44.2 Å². The molecule has 11 heteroatoms. The first-order valence-corrected chi connectivity index (χ1v) is 8.26. The SMILES string of the molecule is CCCCC[C@](N)(C(=O)OP(=O)(O)O)[C@@H](O)[C@H](O)[C@H](O)CO. The summed E-state index contributed by atoms with van der Waals surface area (Å²) in [5.74, 6) is -1.60. The van der Waals surface area contributed by atoms with E-state index in [1.807, 2.05) is 6.92 Å². The molecule has 0 aromatic heterocycles. The van der Waals surface area contributed by atoms with E-state index >= 15 is 0 Å². The molecule has 10 nitrogen and oxygen atoms in total. The smallest absolute Gasteiger partial charge is 0.394 e. The molecule has 0 radical (unpaired) electrons. The topological polar surface area (TPSA) is 191 Å². The molecule has 0 rings (SSSR count). The number of hydrogen-bond donors (Lipinski definition) is 7. The highest BCUT2D eigenvalue weighted by molar-refractivity contribution is 7.46. The fourth-order valence-electron chi connectivity index (χ4n) is 1.85. The fourth-order valence-corrected chi connectivity index (χ4v) is 2.24. The van der Waals surface area contributed by atoms with Gasteiger partial charge >= 0.3 is 13.8 Å². The number of aliphatic hydroxyl groups excluding tert-OH is 4. The van der Waals surface area contributed by atoms with Crippen molar-refractivity contribution in [1.29, 1.82) is 0 Å². The van der Waals surface area contributed by atoms with Crippen molar-refractivity contribution in [2.24, 2.45) is 5.73 Å². The zero-order valence-corrected chi connectivity index (χ0v) is 13.1. The molecule has 0 amide bonds. The van der Waals surface area contributed by atoms with E-state index in [0.717, 1.165) is 6.42 Å². The first kappa shape index (κ1) is 21.4. The van der Waals surface area contributed by atoms with Gasteiger partial charge in [-0.25, -0.2) is 9.36 Å². The largest absolute Gasteiger partial charge is 0.527 e. The van der Waals surface area contributed by atoms with Gasteiger partial charge in [0.15, 0.2) is 0 Å². The minimum Gasteiger partial charge on any atom is -0.394 e. The Labute approximate surface area is 127 Å². The maximum absolute atomic E-state index is 11.9. The second-order valence-electron chi connectivity index (χ2n) is 5.05. The van der Waals surface area contributed by atoms with Crippen LogP contribution in [0.3, 0.4) is 0 Å². The molecule has 0 aromatic rings. The summed E-state index contributed by atoms with van der Waals surface area (Å²) in [6, 6.07) is 0. The molecule has 0 aliphatic rings. The van der Waals surface area contributed by atoms with E-state index in [0.29, 0.717) is 12.8 Å². The Morgan fingerprint density at radius 2 is 1.82 bits per heavy atom. The normalized spacial score (nSPS) is 19.1. The quantitative estimate of drug-likeness (QED) is 0.172. The van der Waals surface area contributed by atoms with Crippen LogP contribution in [-0.2, 0) is 13.9 Å². The minimum atomic E-state index is -5.19. The van der Waals surface area contributed by atoms with Crippen LogP contribution in [-0.4, -0.2) is 66.6 Å². The molecular formula is C11H24NO9P. The standard InChI is InChI=1S/C11H24NO9P/c1-2-3-4-5-11(12,10(17)21-22(18,19)20)9(16)8(15)7(14)6-13/h7-9,13-16H,2-6,12H2,1H3,(H2,18,19,20)/t7-,8-,9+,11-/m1/s1. The van der Waals surface area contributed by atoms with Crippen molar-refractivity contribution >= 4 is 13.8 Å². The molecule has 0 saturated heterocycles. The van der Waals surface area contributed by atoms with E-state index in [4.69, 9.17) is 20.6 Å². The molecule has 0 unspecified atom stereocenters. The zero-order valence-electron chi connectivity index (χ0n) is 12.2. The first-order chi connectivity index (χ1) is 9.99. The van der Waals surface area contributed by atoms with Crippen LogP contribution in [0.1, 0.15) is 32.6 Å². The van der Waals surface area contributed by atoms with Gasteiger partial charge in [0.25, 0.3) is 0 Å². The molecule has 0 heterocycles. The maximum Gasteiger partial charge on any atom is 0.527 e. The molecule has 0 fully saturated rings. The molecule has 0 aliphatic heterocycles. The molecule has 8 N–H and O–H groups in total. The van der Waals surface area contributed by atoms with E-state index in [1.165, 1.54) is 0 Å². The van der Waals surface area contributed by atoms with Crippen molar-refractivity contribution in [3.63, 3.8) is 0 Å². The van der Waals surface area contributed by atoms with E-state index in [-0.39, 0.29) is 6.42 Å². The number of aliphatic hydroxyl groups is 4. The predicted molar refractivity (Wildman–Crippen MR) is 74.3 cm³/mol. The van der Waals surface area contributed by atoms with Crippen molar-refractivity contribution in [3.05, 3.63) is 0 Å². The van der Waals surface area contributed by atoms with Gasteiger partial charge in [0.05, 0.1) is 6.61 Å². The highest BCUT2D eigenvalue weighted by Gasteiger charge is 2.49. The molecule has 0 saturated carbocycles. The van der Waals surface area contributed by atoms with Gasteiger partial charge in [-0.15, -0.1) is 0 Å². The minimum absolute atomic E-state index is 0.240. The van der Waals surface area contributed by atoms with Gasteiger partial charge in [0, 0.05) is 0 Å². The third-order valence-corrected chi connectivity index (χ3v) is 3.61. The van der Waals surface area contributed by atoms with Gasteiger partial charge < -0.3 is 30.7 Å². The average Bonchev–Trinajstić information content (AvgIpc) is 2.42. The van der Waals surface area contributed by atoms with Crippen LogP contribution < -0.4 is 5.73 Å². The van der Waals surface area contributed by atoms with Crippen LogP contribution >= 0.6 is 7.82 Å². The number of phosphoric ester groups is 1. The monoisotopic (exact) mass is 345 g/mol. The van der Waals surface area contributed by atoms with Crippen molar-refractivity contribution < 1.29 is 44.1 Å². The van der Waals surface area contributed by atoms with Crippen LogP contribution in [0.2, 0.25) is 0 Å². The summed E-state index contributed by atoms with van der Waals surface area (Å²) < 4.78 is 14.7. The van der Waals surface area contributed by atoms with Crippen LogP contribution in [0.25, 0.3) is 0 Å². The molecule has 0 bridgehead atoms. The molecule has 0 spiro atoms. The Bertz CT molecular complexity index is 401. The maximum atomic E-state index is 11.9. The van der Waals surface area contributed by atoms with Gasteiger partial charge in [-0.3, -0.25) is 9.79 Å². The number of nitrogens with two attached hydrogens (primary N) is 1. The Balaban J connectivity index is 5.30. The lowest BCUT2D eigenvalue weighted by Gasteiger charge is -2.35. The molecular weight excluding hydrogens is 321 g/mol. The number of phosphoric acid groups is 1. The summed E-state index contributed by atoms with van der Waals surface area (Å²) in [4.78, 5) is 29.2. The lowest BCUT2D eigenvalue weighted by atomic mass is 9.83. The lowest BCUT2D eigenvalue weighted by Crippen LogP contribution is -2.63. The van der Waals surface area contributed by atoms with Gasteiger partial charge in [0.1, 0.15) is 23.9 Å². The molecule has 0 aliphatic carbocycles. The van der Waals surface area contributed by atoms with Gasteiger partial charge in [-0.2, -0.15) is 0 Å². The second-order valence-corrected chi connectivity index (χ2v) is 6.22. The Morgan fingerprint density at radius 3 is 2.23 bits per heavy atom. The summed E-state index contributed by atoms with van der Waals surface area (Å²) >= 11 is 0. The highest BCUT2D eigenvalue weighted by atomic mass is 31.2. The van der Waals surface area contributed by atoms with Gasteiger partial charge in [-0.1, -0.05) is 26.2 Å². The van der Waals surface area contributed by atoms with Crippen molar-refractivity contribution in [2.45, 2.75) is 56.5 Å². The molecule has 22 heavy (non-hydrogen) atoms.